The summed E-state index contributed by atoms with van der Waals surface area (Å²) in [6, 6.07) is 7.87. The molecule has 1 aromatic rings. The van der Waals surface area contributed by atoms with Gasteiger partial charge in [-0.25, -0.2) is 0 Å². The fraction of sp³-hybridized carbons (Fsp3) is 0.579. The van der Waals surface area contributed by atoms with Crippen LogP contribution < -0.4 is 4.74 Å². The molecule has 2 fully saturated rings. The number of nitrogens with zero attached hydrogens (tertiary/aromatic N) is 2. The fourth-order valence-electron chi connectivity index (χ4n) is 3.98. The molecule has 0 saturated carbocycles. The van der Waals surface area contributed by atoms with Crippen LogP contribution in [0, 0.1) is 5.41 Å². The largest absolute Gasteiger partial charge is 0.497 e. The summed E-state index contributed by atoms with van der Waals surface area (Å²) in [7, 11) is 1.65. The second-order valence-corrected chi connectivity index (χ2v) is 6.88. The SMILES string of the molecule is CCC(=O)N1CCC2(CCCN(Cc3cccc(OC)c3)C2=O)C1. The Morgan fingerprint density at radius 2 is 2.12 bits per heavy atom. The van der Waals surface area contributed by atoms with E-state index >= 15 is 0 Å². The number of hydrogen-bond acceptors (Lipinski definition) is 3. The first-order valence-electron chi connectivity index (χ1n) is 8.78. The van der Waals surface area contributed by atoms with E-state index in [1.807, 2.05) is 41.0 Å². The maximum Gasteiger partial charge on any atom is 0.230 e. The number of piperidine rings is 1. The molecular weight excluding hydrogens is 304 g/mol. The van der Waals surface area contributed by atoms with E-state index in [9.17, 15) is 9.59 Å². The van der Waals surface area contributed by atoms with Crippen molar-refractivity contribution in [2.24, 2.45) is 5.41 Å². The first kappa shape index (κ1) is 16.8. The maximum absolute atomic E-state index is 13.1. The Morgan fingerprint density at radius 1 is 1.29 bits per heavy atom. The standard InChI is InChI=1S/C19H26N2O3/c1-3-17(22)21-11-9-19(14-21)8-5-10-20(18(19)23)13-15-6-4-7-16(12-15)24-2/h4,6-7,12H,3,5,8-11,13-14H2,1-2H3. The summed E-state index contributed by atoms with van der Waals surface area (Å²) in [5.41, 5.74) is 0.723. The maximum atomic E-state index is 13.1. The highest BCUT2D eigenvalue weighted by molar-refractivity contribution is 5.86. The van der Waals surface area contributed by atoms with Gasteiger partial charge in [-0.3, -0.25) is 9.59 Å². The molecule has 3 rings (SSSR count). The van der Waals surface area contributed by atoms with Crippen LogP contribution >= 0.6 is 0 Å². The molecule has 5 nitrogen and oxygen atoms in total. The molecule has 2 aliphatic heterocycles. The van der Waals surface area contributed by atoms with Crippen molar-refractivity contribution >= 4 is 11.8 Å². The summed E-state index contributed by atoms with van der Waals surface area (Å²) in [5.74, 6) is 1.18. The van der Waals surface area contributed by atoms with Crippen molar-refractivity contribution < 1.29 is 14.3 Å². The summed E-state index contributed by atoms with van der Waals surface area (Å²) in [6.07, 6.45) is 3.21. The molecule has 0 radical (unpaired) electrons. The second kappa shape index (κ2) is 6.83. The number of likely N-dealkylation sites (tertiary alicyclic amines) is 2. The van der Waals surface area contributed by atoms with Gasteiger partial charge in [0.15, 0.2) is 0 Å². The van der Waals surface area contributed by atoms with Gasteiger partial charge in [0.1, 0.15) is 5.75 Å². The Morgan fingerprint density at radius 3 is 2.88 bits per heavy atom. The molecule has 1 spiro atoms. The predicted molar refractivity (Wildman–Crippen MR) is 91.6 cm³/mol. The second-order valence-electron chi connectivity index (χ2n) is 6.88. The van der Waals surface area contributed by atoms with Gasteiger partial charge in [0, 0.05) is 32.6 Å². The minimum atomic E-state index is -0.359. The molecule has 0 aromatic heterocycles. The van der Waals surface area contributed by atoms with Crippen molar-refractivity contribution in [3.05, 3.63) is 29.8 Å². The van der Waals surface area contributed by atoms with Gasteiger partial charge in [-0.15, -0.1) is 0 Å². The molecule has 1 atom stereocenters. The third-order valence-corrected chi connectivity index (χ3v) is 5.34. The number of carbonyl (C=O) groups excluding carboxylic acids is 2. The molecule has 0 aliphatic carbocycles. The van der Waals surface area contributed by atoms with Crippen LogP contribution in [-0.2, 0) is 16.1 Å². The van der Waals surface area contributed by atoms with E-state index in [4.69, 9.17) is 4.74 Å². The van der Waals surface area contributed by atoms with Gasteiger partial charge in [0.2, 0.25) is 11.8 Å². The van der Waals surface area contributed by atoms with Crippen LogP contribution in [-0.4, -0.2) is 48.4 Å². The highest BCUT2D eigenvalue weighted by Gasteiger charge is 2.49. The summed E-state index contributed by atoms with van der Waals surface area (Å²) >= 11 is 0. The first-order valence-corrected chi connectivity index (χ1v) is 8.78. The monoisotopic (exact) mass is 330 g/mol. The Labute approximate surface area is 143 Å². The lowest BCUT2D eigenvalue weighted by Crippen LogP contribution is -2.50. The quantitative estimate of drug-likeness (QED) is 0.852. The molecule has 2 heterocycles. The van der Waals surface area contributed by atoms with Gasteiger partial charge < -0.3 is 14.5 Å². The van der Waals surface area contributed by atoms with Crippen LogP contribution in [0.5, 0.6) is 5.75 Å². The van der Waals surface area contributed by atoms with Crippen LogP contribution in [0.4, 0.5) is 0 Å². The molecular formula is C19H26N2O3. The highest BCUT2D eigenvalue weighted by Crippen LogP contribution is 2.40. The van der Waals surface area contributed by atoms with Crippen LogP contribution in [0.3, 0.4) is 0 Å². The number of ether oxygens (including phenoxy) is 1. The van der Waals surface area contributed by atoms with Crippen molar-refractivity contribution in [1.29, 1.82) is 0 Å². The number of carbonyl (C=O) groups is 2. The molecule has 2 amide bonds. The Balaban J connectivity index is 1.72. The van der Waals surface area contributed by atoms with E-state index in [0.29, 0.717) is 26.1 Å². The van der Waals surface area contributed by atoms with Gasteiger partial charge in [-0.2, -0.15) is 0 Å². The number of methoxy groups -OCH3 is 1. The summed E-state index contributed by atoms with van der Waals surface area (Å²) in [6.45, 7) is 4.59. The van der Waals surface area contributed by atoms with E-state index < -0.39 is 0 Å². The molecule has 5 heteroatoms. The van der Waals surface area contributed by atoms with Gasteiger partial charge in [0.05, 0.1) is 12.5 Å². The molecule has 130 valence electrons. The lowest BCUT2D eigenvalue weighted by molar-refractivity contribution is -0.146. The lowest BCUT2D eigenvalue weighted by atomic mass is 9.78. The number of hydrogen-bond donors (Lipinski definition) is 0. The zero-order valence-electron chi connectivity index (χ0n) is 14.6. The van der Waals surface area contributed by atoms with E-state index in [1.165, 1.54) is 0 Å². The molecule has 24 heavy (non-hydrogen) atoms. The van der Waals surface area contributed by atoms with E-state index in [2.05, 4.69) is 0 Å². The van der Waals surface area contributed by atoms with Gasteiger partial charge >= 0.3 is 0 Å². The van der Waals surface area contributed by atoms with Crippen molar-refractivity contribution in [2.45, 2.75) is 39.2 Å². The zero-order valence-corrected chi connectivity index (χ0v) is 14.6. The molecule has 1 aromatic carbocycles. The number of amides is 2. The molecule has 2 saturated heterocycles. The third-order valence-electron chi connectivity index (χ3n) is 5.34. The third kappa shape index (κ3) is 3.12. The molecule has 2 aliphatic rings. The normalized spacial score (nSPS) is 23.8. The highest BCUT2D eigenvalue weighted by atomic mass is 16.5. The Kier molecular flexibility index (Phi) is 4.78. The average Bonchev–Trinajstić information content (AvgIpc) is 3.04. The molecule has 0 bridgehead atoms. The summed E-state index contributed by atoms with van der Waals surface area (Å²) in [5, 5.41) is 0. The van der Waals surface area contributed by atoms with Crippen LogP contribution in [0.25, 0.3) is 0 Å². The van der Waals surface area contributed by atoms with Gasteiger partial charge in [-0.1, -0.05) is 19.1 Å². The number of rotatable bonds is 4. The minimum absolute atomic E-state index is 0.157. The van der Waals surface area contributed by atoms with Crippen LogP contribution in [0.15, 0.2) is 24.3 Å². The van der Waals surface area contributed by atoms with Crippen molar-refractivity contribution in [3.63, 3.8) is 0 Å². The Hall–Kier alpha value is -2.04. The topological polar surface area (TPSA) is 49.9 Å². The average molecular weight is 330 g/mol. The van der Waals surface area contributed by atoms with Crippen LogP contribution in [0.1, 0.15) is 38.2 Å². The van der Waals surface area contributed by atoms with Crippen molar-refractivity contribution in [2.75, 3.05) is 26.7 Å². The minimum Gasteiger partial charge on any atom is -0.497 e. The molecule has 1 unspecified atom stereocenters. The van der Waals surface area contributed by atoms with Crippen LogP contribution in [0.2, 0.25) is 0 Å². The van der Waals surface area contributed by atoms with Gasteiger partial charge in [-0.05, 0) is 37.0 Å². The lowest BCUT2D eigenvalue weighted by Gasteiger charge is -2.39. The summed E-state index contributed by atoms with van der Waals surface area (Å²) < 4.78 is 5.27. The number of benzene rings is 1. The smallest absolute Gasteiger partial charge is 0.230 e. The predicted octanol–water partition coefficient (Wildman–Crippen LogP) is 2.45. The first-order chi connectivity index (χ1) is 11.6. The van der Waals surface area contributed by atoms with Crippen molar-refractivity contribution in [3.8, 4) is 5.75 Å². The van der Waals surface area contributed by atoms with E-state index in [1.54, 1.807) is 7.11 Å². The summed E-state index contributed by atoms with van der Waals surface area (Å²) in [4.78, 5) is 28.9. The van der Waals surface area contributed by atoms with E-state index in [-0.39, 0.29) is 17.2 Å². The Bertz CT molecular complexity index is 631. The van der Waals surface area contributed by atoms with Gasteiger partial charge in [0.25, 0.3) is 0 Å². The zero-order chi connectivity index (χ0) is 17.2. The fourth-order valence-corrected chi connectivity index (χ4v) is 3.98. The van der Waals surface area contributed by atoms with Crippen molar-refractivity contribution in [1.82, 2.24) is 9.80 Å². The molecule has 0 N–H and O–H groups in total. The van der Waals surface area contributed by atoms with E-state index in [0.717, 1.165) is 37.1 Å².